The average Bonchev–Trinajstić information content (AvgIpc) is 2.71. The van der Waals surface area contributed by atoms with Gasteiger partial charge in [0.25, 0.3) is 0 Å². The molecule has 9 heteroatoms. The van der Waals surface area contributed by atoms with E-state index in [9.17, 15) is 17.6 Å². The van der Waals surface area contributed by atoms with Crippen LogP contribution in [0, 0.1) is 11.7 Å². The predicted molar refractivity (Wildman–Crippen MR) is 108 cm³/mol. The van der Waals surface area contributed by atoms with Gasteiger partial charge in [0.1, 0.15) is 23.1 Å². The van der Waals surface area contributed by atoms with Crippen molar-refractivity contribution in [1.82, 2.24) is 9.62 Å². The van der Waals surface area contributed by atoms with Gasteiger partial charge in [0, 0.05) is 24.0 Å². The molecule has 0 saturated carbocycles. The van der Waals surface area contributed by atoms with Crippen molar-refractivity contribution >= 4 is 27.5 Å². The fraction of sp³-hybridized carbons (Fsp3) is 0.350. The van der Waals surface area contributed by atoms with Crippen LogP contribution >= 0.6 is 11.6 Å². The Morgan fingerprint density at radius 2 is 1.90 bits per heavy atom. The third-order valence-electron chi connectivity index (χ3n) is 4.75. The normalized spacial score (nSPS) is 15.8. The largest absolute Gasteiger partial charge is 0.492 e. The quantitative estimate of drug-likeness (QED) is 0.671. The number of rotatable bonds is 7. The smallest absolute Gasteiger partial charge is 0.245 e. The number of sulfonamides is 1. The van der Waals surface area contributed by atoms with E-state index in [1.54, 1.807) is 24.3 Å². The molecule has 1 aliphatic heterocycles. The monoisotopic (exact) mass is 440 g/mol. The summed E-state index contributed by atoms with van der Waals surface area (Å²) in [6.07, 6.45) is 0.767. The van der Waals surface area contributed by atoms with Gasteiger partial charge < -0.3 is 10.1 Å². The van der Waals surface area contributed by atoms with Crippen LogP contribution in [0.1, 0.15) is 12.8 Å². The van der Waals surface area contributed by atoms with Crippen LogP contribution in [0.25, 0.3) is 0 Å². The van der Waals surface area contributed by atoms with Crippen LogP contribution in [-0.4, -0.2) is 44.9 Å². The summed E-state index contributed by atoms with van der Waals surface area (Å²) in [5.74, 6) is -0.568. The summed E-state index contributed by atoms with van der Waals surface area (Å²) < 4.78 is 45.9. The van der Waals surface area contributed by atoms with Gasteiger partial charge in [0.05, 0.1) is 6.54 Å². The van der Waals surface area contributed by atoms with Crippen molar-refractivity contribution in [2.24, 2.45) is 5.92 Å². The van der Waals surface area contributed by atoms with Crippen LogP contribution in [0.5, 0.6) is 5.75 Å². The van der Waals surface area contributed by atoms with Gasteiger partial charge in [-0.3, -0.25) is 4.79 Å². The Balaban J connectivity index is 1.45. The Bertz CT molecular complexity index is 962. The molecular formula is C20H22ClFN2O4S. The number of halogens is 2. The lowest BCUT2D eigenvalue weighted by Crippen LogP contribution is -2.43. The standard InChI is InChI=1S/C20H22ClFN2O4S/c21-16-4-3-5-17(14-16)28-13-10-23-20(25)15-8-11-24(12-9-15)29(26,27)19-7-2-1-6-18(19)22/h1-7,14-15H,8-13H2,(H,23,25). The molecule has 6 nitrogen and oxygen atoms in total. The minimum atomic E-state index is -3.90. The lowest BCUT2D eigenvalue weighted by Gasteiger charge is -2.30. The molecule has 1 saturated heterocycles. The van der Waals surface area contributed by atoms with Gasteiger partial charge in [-0.25, -0.2) is 12.8 Å². The molecule has 156 valence electrons. The van der Waals surface area contributed by atoms with Gasteiger partial charge in [0.2, 0.25) is 15.9 Å². The van der Waals surface area contributed by atoms with E-state index >= 15 is 0 Å². The highest BCUT2D eigenvalue weighted by molar-refractivity contribution is 7.89. The van der Waals surface area contributed by atoms with Crippen molar-refractivity contribution in [1.29, 1.82) is 0 Å². The number of nitrogens with zero attached hydrogens (tertiary/aromatic N) is 1. The maximum absolute atomic E-state index is 13.9. The molecule has 0 atom stereocenters. The van der Waals surface area contributed by atoms with Gasteiger partial charge in [0.15, 0.2) is 0 Å². The zero-order valence-electron chi connectivity index (χ0n) is 15.7. The highest BCUT2D eigenvalue weighted by Crippen LogP contribution is 2.25. The first kappa shape index (κ1) is 21.5. The minimum absolute atomic E-state index is 0.136. The van der Waals surface area contributed by atoms with E-state index in [2.05, 4.69) is 5.32 Å². The maximum Gasteiger partial charge on any atom is 0.245 e. The maximum atomic E-state index is 13.9. The molecule has 0 aliphatic carbocycles. The number of hydrogen-bond donors (Lipinski definition) is 1. The van der Waals surface area contributed by atoms with Crippen molar-refractivity contribution in [2.75, 3.05) is 26.2 Å². The van der Waals surface area contributed by atoms with Crippen LogP contribution in [0.15, 0.2) is 53.4 Å². The fourth-order valence-electron chi connectivity index (χ4n) is 3.20. The van der Waals surface area contributed by atoms with Crippen molar-refractivity contribution in [3.8, 4) is 5.75 Å². The highest BCUT2D eigenvalue weighted by atomic mass is 35.5. The lowest BCUT2D eigenvalue weighted by atomic mass is 9.97. The summed E-state index contributed by atoms with van der Waals surface area (Å²) in [5.41, 5.74) is 0. The zero-order chi connectivity index (χ0) is 20.9. The third kappa shape index (κ3) is 5.46. The van der Waals surface area contributed by atoms with E-state index < -0.39 is 15.8 Å². The first-order valence-electron chi connectivity index (χ1n) is 9.28. The van der Waals surface area contributed by atoms with Gasteiger partial charge in [-0.1, -0.05) is 29.8 Å². The second-order valence-electron chi connectivity index (χ2n) is 6.71. The molecule has 2 aromatic carbocycles. The molecule has 0 radical (unpaired) electrons. The number of benzene rings is 2. The van der Waals surface area contributed by atoms with Crippen LogP contribution in [0.2, 0.25) is 5.02 Å². The number of hydrogen-bond acceptors (Lipinski definition) is 4. The summed E-state index contributed by atoms with van der Waals surface area (Å²) >= 11 is 5.88. The summed E-state index contributed by atoms with van der Waals surface area (Å²) in [5, 5.41) is 3.38. The van der Waals surface area contributed by atoms with Gasteiger partial charge in [-0.15, -0.1) is 0 Å². The third-order valence-corrected chi connectivity index (χ3v) is 6.91. The van der Waals surface area contributed by atoms with E-state index in [1.165, 1.54) is 22.5 Å². The van der Waals surface area contributed by atoms with E-state index in [4.69, 9.17) is 16.3 Å². The number of amides is 1. The molecular weight excluding hydrogens is 419 g/mol. The van der Waals surface area contributed by atoms with Crippen molar-refractivity contribution in [2.45, 2.75) is 17.7 Å². The molecule has 1 N–H and O–H groups in total. The molecule has 1 aliphatic rings. The Hall–Kier alpha value is -2.16. The number of carbonyl (C=O) groups excluding carboxylic acids is 1. The molecule has 1 amide bonds. The van der Waals surface area contributed by atoms with E-state index in [-0.39, 0.29) is 29.8 Å². The molecule has 3 rings (SSSR count). The summed E-state index contributed by atoms with van der Waals surface area (Å²) in [4.78, 5) is 12.0. The molecule has 0 spiro atoms. The van der Waals surface area contributed by atoms with Gasteiger partial charge in [-0.2, -0.15) is 4.31 Å². The zero-order valence-corrected chi connectivity index (χ0v) is 17.3. The Morgan fingerprint density at radius 3 is 2.59 bits per heavy atom. The van der Waals surface area contributed by atoms with Crippen molar-refractivity contribution in [3.05, 3.63) is 59.4 Å². The molecule has 29 heavy (non-hydrogen) atoms. The number of nitrogens with one attached hydrogen (secondary N) is 1. The average molecular weight is 441 g/mol. The Morgan fingerprint density at radius 1 is 1.17 bits per heavy atom. The second-order valence-corrected chi connectivity index (χ2v) is 9.05. The molecule has 0 unspecified atom stereocenters. The summed E-state index contributed by atoms with van der Waals surface area (Å²) in [7, 11) is -3.90. The summed E-state index contributed by atoms with van der Waals surface area (Å²) in [6.45, 7) is 0.979. The number of carbonyl (C=O) groups is 1. The highest BCUT2D eigenvalue weighted by Gasteiger charge is 2.33. The number of piperidine rings is 1. The topological polar surface area (TPSA) is 75.7 Å². The SMILES string of the molecule is O=C(NCCOc1cccc(Cl)c1)C1CCN(S(=O)(=O)c2ccccc2F)CC1. The van der Waals surface area contributed by atoms with E-state index in [0.717, 1.165) is 6.07 Å². The first-order valence-corrected chi connectivity index (χ1v) is 11.1. The van der Waals surface area contributed by atoms with Crippen LogP contribution < -0.4 is 10.1 Å². The number of ether oxygens (including phenoxy) is 1. The Labute approximate surface area is 174 Å². The van der Waals surface area contributed by atoms with Crippen LogP contribution in [-0.2, 0) is 14.8 Å². The first-order chi connectivity index (χ1) is 13.9. The molecule has 0 aromatic heterocycles. The second kappa shape index (κ2) is 9.56. The lowest BCUT2D eigenvalue weighted by molar-refractivity contribution is -0.126. The molecule has 1 heterocycles. The van der Waals surface area contributed by atoms with Gasteiger partial charge in [-0.05, 0) is 43.2 Å². The van der Waals surface area contributed by atoms with Gasteiger partial charge >= 0.3 is 0 Å². The predicted octanol–water partition coefficient (Wildman–Crippen LogP) is 3.08. The minimum Gasteiger partial charge on any atom is -0.492 e. The van der Waals surface area contributed by atoms with E-state index in [0.29, 0.717) is 36.8 Å². The van der Waals surface area contributed by atoms with Crippen LogP contribution in [0.3, 0.4) is 0 Å². The van der Waals surface area contributed by atoms with Crippen LogP contribution in [0.4, 0.5) is 4.39 Å². The van der Waals surface area contributed by atoms with Crippen molar-refractivity contribution < 1.29 is 22.3 Å². The molecule has 2 aromatic rings. The molecule has 0 bridgehead atoms. The molecule has 1 fully saturated rings. The van der Waals surface area contributed by atoms with Crippen molar-refractivity contribution in [3.63, 3.8) is 0 Å². The Kier molecular flexibility index (Phi) is 7.10. The van der Waals surface area contributed by atoms with E-state index in [1.807, 2.05) is 0 Å². The summed E-state index contributed by atoms with van der Waals surface area (Å²) in [6, 6.07) is 12.3. The fourth-order valence-corrected chi connectivity index (χ4v) is 4.91.